The minimum Gasteiger partial charge on any atom is -0.494 e. The minimum atomic E-state index is -0.760. The fraction of sp³-hybridized carbons (Fsp3) is 0.182. The smallest absolute Gasteiger partial charge is 0.233 e. The number of furan rings is 1. The number of halogens is 2. The molecule has 154 valence electrons. The molecule has 4 aromatic rings. The zero-order valence-corrected chi connectivity index (χ0v) is 16.9. The number of hydrogen-bond acceptors (Lipinski definition) is 5. The first-order valence-corrected chi connectivity index (χ1v) is 10.1. The summed E-state index contributed by atoms with van der Waals surface area (Å²) in [4.78, 5) is 18.8. The van der Waals surface area contributed by atoms with Crippen LogP contribution in [0.15, 0.2) is 59.2 Å². The lowest BCUT2D eigenvalue weighted by Crippen LogP contribution is -2.31. The molecule has 8 heteroatoms. The van der Waals surface area contributed by atoms with E-state index in [4.69, 9.17) is 9.15 Å². The third kappa shape index (κ3) is 4.33. The molecule has 0 atom stereocenters. The molecule has 2 heterocycles. The van der Waals surface area contributed by atoms with Crippen molar-refractivity contribution in [3.8, 4) is 5.75 Å². The van der Waals surface area contributed by atoms with Crippen LogP contribution in [0.1, 0.15) is 18.2 Å². The fourth-order valence-electron chi connectivity index (χ4n) is 3.02. The summed E-state index contributed by atoms with van der Waals surface area (Å²) in [5.74, 6) is -0.404. The molecule has 0 fully saturated rings. The Bertz CT molecular complexity index is 1160. The molecule has 0 saturated heterocycles. The van der Waals surface area contributed by atoms with E-state index in [2.05, 4.69) is 4.98 Å². The normalized spacial score (nSPS) is 11.0. The van der Waals surface area contributed by atoms with Crippen molar-refractivity contribution in [2.24, 2.45) is 0 Å². The molecule has 0 aliphatic rings. The topological polar surface area (TPSA) is 55.6 Å². The van der Waals surface area contributed by atoms with E-state index in [0.717, 1.165) is 28.7 Å². The van der Waals surface area contributed by atoms with Crippen LogP contribution in [0, 0.1) is 11.6 Å². The number of thiazole rings is 1. The summed E-state index contributed by atoms with van der Waals surface area (Å²) < 4.78 is 38.8. The number of anilines is 1. The van der Waals surface area contributed by atoms with Crippen molar-refractivity contribution in [3.63, 3.8) is 0 Å². The van der Waals surface area contributed by atoms with Crippen LogP contribution in [0.25, 0.3) is 10.2 Å². The molecule has 0 aliphatic carbocycles. The van der Waals surface area contributed by atoms with Gasteiger partial charge in [0.25, 0.3) is 0 Å². The van der Waals surface area contributed by atoms with E-state index in [1.165, 1.54) is 17.2 Å². The third-order valence-corrected chi connectivity index (χ3v) is 5.44. The van der Waals surface area contributed by atoms with Crippen molar-refractivity contribution < 1.29 is 22.7 Å². The molecule has 4 rings (SSSR count). The second-order valence-electron chi connectivity index (χ2n) is 6.54. The van der Waals surface area contributed by atoms with Crippen molar-refractivity contribution in [2.45, 2.75) is 19.9 Å². The van der Waals surface area contributed by atoms with Crippen molar-refractivity contribution in [1.29, 1.82) is 0 Å². The molecule has 0 bridgehead atoms. The molecule has 2 aromatic heterocycles. The summed E-state index contributed by atoms with van der Waals surface area (Å²) in [6.07, 6.45) is 1.62. The predicted octanol–water partition coefficient (Wildman–Crippen LogP) is 5.34. The molecule has 0 N–H and O–H groups in total. The molecule has 0 saturated carbocycles. The molecule has 30 heavy (non-hydrogen) atoms. The standard InChI is InChI=1S/C22H18F2N2O3S/c1-2-28-16-7-5-14(6-8-16)10-20(27)26(13-17-4-3-9-29-17)22-25-21-18(24)11-15(23)12-19(21)30-22/h3-9,11-12H,2,10,13H2,1H3. The fourth-order valence-corrected chi connectivity index (χ4v) is 4.04. The van der Waals surface area contributed by atoms with Crippen molar-refractivity contribution in [1.82, 2.24) is 4.98 Å². The van der Waals surface area contributed by atoms with Crippen LogP contribution in [0.3, 0.4) is 0 Å². The van der Waals surface area contributed by atoms with Gasteiger partial charge in [-0.3, -0.25) is 9.69 Å². The number of benzene rings is 2. The summed E-state index contributed by atoms with van der Waals surface area (Å²) in [6.45, 7) is 2.59. The number of aromatic nitrogens is 1. The van der Waals surface area contributed by atoms with Gasteiger partial charge in [-0.15, -0.1) is 0 Å². The Hall–Kier alpha value is -3.26. The van der Waals surface area contributed by atoms with Gasteiger partial charge in [0.1, 0.15) is 22.8 Å². The quantitative estimate of drug-likeness (QED) is 0.399. The largest absolute Gasteiger partial charge is 0.494 e. The molecular weight excluding hydrogens is 410 g/mol. The van der Waals surface area contributed by atoms with Crippen molar-refractivity contribution in [2.75, 3.05) is 11.5 Å². The average molecular weight is 428 g/mol. The number of nitrogens with zero attached hydrogens (tertiary/aromatic N) is 2. The van der Waals surface area contributed by atoms with E-state index >= 15 is 0 Å². The number of amides is 1. The second kappa shape index (κ2) is 8.62. The maximum atomic E-state index is 14.1. The monoisotopic (exact) mass is 428 g/mol. The molecule has 5 nitrogen and oxygen atoms in total. The Morgan fingerprint density at radius 1 is 1.20 bits per heavy atom. The average Bonchev–Trinajstić information content (AvgIpc) is 3.37. The highest BCUT2D eigenvalue weighted by molar-refractivity contribution is 7.22. The van der Waals surface area contributed by atoms with E-state index in [0.29, 0.717) is 17.1 Å². The Morgan fingerprint density at radius 3 is 2.70 bits per heavy atom. The number of hydrogen-bond donors (Lipinski definition) is 0. The summed E-state index contributed by atoms with van der Waals surface area (Å²) >= 11 is 1.06. The van der Waals surface area contributed by atoms with E-state index in [1.54, 1.807) is 24.3 Å². The van der Waals surface area contributed by atoms with Crippen molar-refractivity contribution >= 4 is 32.6 Å². The molecule has 0 unspecified atom stereocenters. The zero-order chi connectivity index (χ0) is 21.1. The van der Waals surface area contributed by atoms with Crippen LogP contribution in [0.4, 0.5) is 13.9 Å². The summed E-state index contributed by atoms with van der Waals surface area (Å²) in [5.41, 5.74) is 0.834. The van der Waals surface area contributed by atoms with Gasteiger partial charge in [0.2, 0.25) is 5.91 Å². The van der Waals surface area contributed by atoms with E-state index in [1.807, 2.05) is 19.1 Å². The minimum absolute atomic E-state index is 0.0368. The number of rotatable bonds is 7. The van der Waals surface area contributed by atoms with Gasteiger partial charge in [0.05, 0.1) is 30.5 Å². The summed E-state index contributed by atoms with van der Waals surface area (Å²) in [6, 6.07) is 12.7. The van der Waals surface area contributed by atoms with Crippen molar-refractivity contribution in [3.05, 3.63) is 77.8 Å². The van der Waals surface area contributed by atoms with E-state index < -0.39 is 11.6 Å². The van der Waals surface area contributed by atoms with Gasteiger partial charge in [-0.25, -0.2) is 13.8 Å². The molecule has 2 aromatic carbocycles. The maximum absolute atomic E-state index is 14.1. The lowest BCUT2D eigenvalue weighted by atomic mass is 10.1. The van der Waals surface area contributed by atoms with Gasteiger partial charge in [0.15, 0.2) is 10.9 Å². The Kier molecular flexibility index (Phi) is 5.76. The Morgan fingerprint density at radius 2 is 2.00 bits per heavy atom. The van der Waals surface area contributed by atoms with E-state index in [-0.39, 0.29) is 29.5 Å². The van der Waals surface area contributed by atoms with Crippen LogP contribution in [-0.4, -0.2) is 17.5 Å². The number of carbonyl (C=O) groups is 1. The highest BCUT2D eigenvalue weighted by Crippen LogP contribution is 2.32. The van der Waals surface area contributed by atoms with Crippen LogP contribution in [0.5, 0.6) is 5.75 Å². The zero-order valence-electron chi connectivity index (χ0n) is 16.1. The van der Waals surface area contributed by atoms with Gasteiger partial charge in [-0.05, 0) is 42.8 Å². The Labute approximate surface area is 175 Å². The molecule has 0 radical (unpaired) electrons. The molecular formula is C22H18F2N2O3S. The molecule has 0 spiro atoms. The molecule has 1 amide bonds. The number of carbonyl (C=O) groups excluding carboxylic acids is 1. The van der Waals surface area contributed by atoms with Gasteiger partial charge < -0.3 is 9.15 Å². The Balaban J connectivity index is 1.64. The predicted molar refractivity (Wildman–Crippen MR) is 111 cm³/mol. The molecule has 0 aliphatic heterocycles. The lowest BCUT2D eigenvalue weighted by Gasteiger charge is -2.19. The lowest BCUT2D eigenvalue weighted by molar-refractivity contribution is -0.118. The summed E-state index contributed by atoms with van der Waals surface area (Å²) in [7, 11) is 0. The SMILES string of the molecule is CCOc1ccc(CC(=O)N(Cc2ccco2)c2nc3c(F)cc(F)cc3s2)cc1. The first-order valence-electron chi connectivity index (χ1n) is 9.33. The second-order valence-corrected chi connectivity index (χ2v) is 7.55. The van der Waals surface area contributed by atoms with Crippen LogP contribution >= 0.6 is 11.3 Å². The van der Waals surface area contributed by atoms with Crippen LogP contribution in [0.2, 0.25) is 0 Å². The van der Waals surface area contributed by atoms with Gasteiger partial charge in [-0.1, -0.05) is 23.5 Å². The van der Waals surface area contributed by atoms with Gasteiger partial charge in [-0.2, -0.15) is 0 Å². The van der Waals surface area contributed by atoms with E-state index in [9.17, 15) is 13.6 Å². The highest BCUT2D eigenvalue weighted by Gasteiger charge is 2.23. The maximum Gasteiger partial charge on any atom is 0.233 e. The van der Waals surface area contributed by atoms with Crippen LogP contribution < -0.4 is 9.64 Å². The van der Waals surface area contributed by atoms with Crippen LogP contribution in [-0.2, 0) is 17.8 Å². The third-order valence-electron chi connectivity index (χ3n) is 4.42. The van der Waals surface area contributed by atoms with Gasteiger partial charge in [0, 0.05) is 6.07 Å². The summed E-state index contributed by atoms with van der Waals surface area (Å²) in [5, 5.41) is 0.279. The number of ether oxygens (including phenoxy) is 1. The van der Waals surface area contributed by atoms with Gasteiger partial charge >= 0.3 is 0 Å². The highest BCUT2D eigenvalue weighted by atomic mass is 32.1. The first kappa shape index (κ1) is 20.0. The first-order chi connectivity index (χ1) is 14.5. The number of fused-ring (bicyclic) bond motifs is 1.